The van der Waals surface area contributed by atoms with Crippen molar-refractivity contribution in [3.05, 3.63) is 76.2 Å². The van der Waals surface area contributed by atoms with Crippen LogP contribution in [0.3, 0.4) is 0 Å². The lowest BCUT2D eigenvalue weighted by molar-refractivity contribution is -0.125. The maximum Gasteiger partial charge on any atom is 0.253 e. The Bertz CT molecular complexity index is 1090. The number of hydrogen-bond acceptors (Lipinski definition) is 5. The SMILES string of the molecule is O=C(CNC(=O)CNC(=O)c1ccc(Cl)cc1Cl)NCc1cccnc1-n1cccn1. The number of carbonyl (C=O) groups is 3. The molecule has 160 valence electrons. The molecule has 3 N–H and O–H groups in total. The molecule has 2 aromatic heterocycles. The van der Waals surface area contributed by atoms with Gasteiger partial charge in [0.2, 0.25) is 11.8 Å². The fourth-order valence-electron chi connectivity index (χ4n) is 2.60. The highest BCUT2D eigenvalue weighted by atomic mass is 35.5. The molecule has 0 saturated heterocycles. The summed E-state index contributed by atoms with van der Waals surface area (Å²) in [4.78, 5) is 40.4. The Balaban J connectivity index is 1.43. The fourth-order valence-corrected chi connectivity index (χ4v) is 3.09. The lowest BCUT2D eigenvalue weighted by Gasteiger charge is -2.11. The van der Waals surface area contributed by atoms with Gasteiger partial charge in [0.25, 0.3) is 5.91 Å². The van der Waals surface area contributed by atoms with Gasteiger partial charge < -0.3 is 16.0 Å². The Morgan fingerprint density at radius 3 is 2.45 bits per heavy atom. The van der Waals surface area contributed by atoms with Crippen molar-refractivity contribution in [2.75, 3.05) is 13.1 Å². The number of benzene rings is 1. The van der Waals surface area contributed by atoms with Gasteiger partial charge in [-0.15, -0.1) is 0 Å². The van der Waals surface area contributed by atoms with Crippen molar-refractivity contribution < 1.29 is 14.4 Å². The van der Waals surface area contributed by atoms with E-state index in [0.29, 0.717) is 10.8 Å². The van der Waals surface area contributed by atoms with Gasteiger partial charge >= 0.3 is 0 Å². The van der Waals surface area contributed by atoms with E-state index in [9.17, 15) is 14.4 Å². The van der Waals surface area contributed by atoms with Crippen LogP contribution in [0.4, 0.5) is 0 Å². The lowest BCUT2D eigenvalue weighted by Crippen LogP contribution is -2.41. The van der Waals surface area contributed by atoms with Gasteiger partial charge in [0.05, 0.1) is 23.7 Å². The van der Waals surface area contributed by atoms with E-state index in [2.05, 4.69) is 26.0 Å². The van der Waals surface area contributed by atoms with Crippen molar-refractivity contribution in [2.24, 2.45) is 0 Å². The normalized spacial score (nSPS) is 10.4. The number of rotatable bonds is 8. The van der Waals surface area contributed by atoms with Gasteiger partial charge in [-0.1, -0.05) is 29.3 Å². The number of hydrogen-bond donors (Lipinski definition) is 3. The van der Waals surface area contributed by atoms with Crippen molar-refractivity contribution in [2.45, 2.75) is 6.54 Å². The van der Waals surface area contributed by atoms with Crippen molar-refractivity contribution in [1.82, 2.24) is 30.7 Å². The molecule has 0 aliphatic rings. The van der Waals surface area contributed by atoms with Crippen LogP contribution in [0.5, 0.6) is 0 Å². The maximum atomic E-state index is 12.1. The molecule has 0 atom stereocenters. The van der Waals surface area contributed by atoms with E-state index in [1.165, 1.54) is 18.2 Å². The van der Waals surface area contributed by atoms with Crippen LogP contribution in [-0.2, 0) is 16.1 Å². The van der Waals surface area contributed by atoms with Crippen LogP contribution in [0.15, 0.2) is 55.0 Å². The van der Waals surface area contributed by atoms with Crippen LogP contribution < -0.4 is 16.0 Å². The molecule has 11 heteroatoms. The van der Waals surface area contributed by atoms with E-state index >= 15 is 0 Å². The zero-order valence-corrected chi connectivity index (χ0v) is 17.7. The third kappa shape index (κ3) is 6.27. The van der Waals surface area contributed by atoms with Crippen molar-refractivity contribution in [3.8, 4) is 5.82 Å². The minimum atomic E-state index is -0.524. The third-order valence-corrected chi connectivity index (χ3v) is 4.64. The molecule has 0 spiro atoms. The summed E-state index contributed by atoms with van der Waals surface area (Å²) in [6, 6.07) is 9.76. The van der Waals surface area contributed by atoms with Gasteiger partial charge in [0.15, 0.2) is 5.82 Å². The highest BCUT2D eigenvalue weighted by molar-refractivity contribution is 6.36. The van der Waals surface area contributed by atoms with E-state index in [-0.39, 0.29) is 30.2 Å². The second kappa shape index (κ2) is 10.6. The van der Waals surface area contributed by atoms with E-state index < -0.39 is 17.7 Å². The quantitative estimate of drug-likeness (QED) is 0.473. The predicted octanol–water partition coefficient (Wildman–Crippen LogP) is 1.74. The van der Waals surface area contributed by atoms with E-state index in [0.717, 1.165) is 5.56 Å². The minimum absolute atomic E-state index is 0.176. The minimum Gasteiger partial charge on any atom is -0.350 e. The molecule has 9 nitrogen and oxygen atoms in total. The first kappa shape index (κ1) is 22.3. The number of pyridine rings is 1. The molecule has 0 aliphatic heterocycles. The van der Waals surface area contributed by atoms with Crippen LogP contribution in [0.1, 0.15) is 15.9 Å². The summed E-state index contributed by atoms with van der Waals surface area (Å²) in [6.45, 7) is -0.339. The molecule has 0 saturated carbocycles. The highest BCUT2D eigenvalue weighted by Gasteiger charge is 2.13. The average Bonchev–Trinajstić information content (AvgIpc) is 3.29. The Morgan fingerprint density at radius 1 is 0.935 bits per heavy atom. The summed E-state index contributed by atoms with van der Waals surface area (Å²) in [5.74, 6) is -0.840. The second-order valence-electron chi connectivity index (χ2n) is 6.30. The van der Waals surface area contributed by atoms with Crippen LogP contribution in [0.25, 0.3) is 5.82 Å². The topological polar surface area (TPSA) is 118 Å². The summed E-state index contributed by atoms with van der Waals surface area (Å²) in [5, 5.41) is 12.3. The summed E-state index contributed by atoms with van der Waals surface area (Å²) in [5.41, 5.74) is 0.957. The zero-order valence-electron chi connectivity index (χ0n) is 16.1. The summed E-state index contributed by atoms with van der Waals surface area (Å²) < 4.78 is 1.60. The molecule has 0 aliphatic carbocycles. The Labute approximate surface area is 187 Å². The predicted molar refractivity (Wildman–Crippen MR) is 115 cm³/mol. The Hall–Kier alpha value is -3.43. The maximum absolute atomic E-state index is 12.1. The van der Waals surface area contributed by atoms with Gasteiger partial charge in [-0.05, 0) is 30.3 Å². The standard InChI is InChI=1S/C20H18Cl2N6O3/c21-14-4-5-15(16(22)9-14)20(31)26-12-18(30)25-11-17(29)24-10-13-3-1-6-23-19(13)28-8-2-7-27-28/h1-9H,10-12H2,(H,24,29)(H,25,30)(H,26,31). The Kier molecular flexibility index (Phi) is 7.58. The number of carbonyl (C=O) groups excluding carboxylic acids is 3. The van der Waals surface area contributed by atoms with Gasteiger partial charge in [0, 0.05) is 35.7 Å². The third-order valence-electron chi connectivity index (χ3n) is 4.10. The molecule has 3 aromatic rings. The van der Waals surface area contributed by atoms with Gasteiger partial charge in [0.1, 0.15) is 0 Å². The van der Waals surface area contributed by atoms with Gasteiger partial charge in [-0.3, -0.25) is 14.4 Å². The number of nitrogens with zero attached hydrogens (tertiary/aromatic N) is 3. The smallest absolute Gasteiger partial charge is 0.253 e. The first-order valence-electron chi connectivity index (χ1n) is 9.14. The molecule has 0 bridgehead atoms. The number of amides is 3. The second-order valence-corrected chi connectivity index (χ2v) is 7.14. The van der Waals surface area contributed by atoms with Crippen LogP contribution in [0, 0.1) is 0 Å². The largest absolute Gasteiger partial charge is 0.350 e. The van der Waals surface area contributed by atoms with Gasteiger partial charge in [-0.25, -0.2) is 9.67 Å². The van der Waals surface area contributed by atoms with Crippen LogP contribution in [-0.4, -0.2) is 45.6 Å². The van der Waals surface area contributed by atoms with E-state index in [4.69, 9.17) is 23.2 Å². The number of halogens is 2. The van der Waals surface area contributed by atoms with E-state index in [1.807, 2.05) is 6.07 Å². The highest BCUT2D eigenvalue weighted by Crippen LogP contribution is 2.20. The van der Waals surface area contributed by atoms with E-state index in [1.54, 1.807) is 35.4 Å². The Morgan fingerprint density at radius 2 is 1.71 bits per heavy atom. The van der Waals surface area contributed by atoms with Crippen molar-refractivity contribution in [3.63, 3.8) is 0 Å². The first-order valence-corrected chi connectivity index (χ1v) is 9.90. The molecular formula is C20H18Cl2N6O3. The number of aromatic nitrogens is 3. The molecule has 0 unspecified atom stereocenters. The first-order chi connectivity index (χ1) is 14.9. The zero-order chi connectivity index (χ0) is 22.2. The molecule has 0 radical (unpaired) electrons. The van der Waals surface area contributed by atoms with Crippen LogP contribution >= 0.6 is 23.2 Å². The molecule has 2 heterocycles. The summed E-state index contributed by atoms with van der Waals surface area (Å²) in [7, 11) is 0. The molecule has 3 amide bonds. The molecule has 0 fully saturated rings. The lowest BCUT2D eigenvalue weighted by atomic mass is 10.2. The fraction of sp³-hybridized carbons (Fsp3) is 0.150. The molecular weight excluding hydrogens is 443 g/mol. The monoisotopic (exact) mass is 460 g/mol. The van der Waals surface area contributed by atoms with Crippen molar-refractivity contribution >= 4 is 40.9 Å². The molecule has 3 rings (SSSR count). The van der Waals surface area contributed by atoms with Crippen LogP contribution in [0.2, 0.25) is 10.0 Å². The summed E-state index contributed by atoms with van der Waals surface area (Å²) >= 11 is 11.8. The average molecular weight is 461 g/mol. The van der Waals surface area contributed by atoms with Gasteiger partial charge in [-0.2, -0.15) is 5.10 Å². The number of nitrogens with one attached hydrogen (secondary N) is 3. The van der Waals surface area contributed by atoms with Crippen molar-refractivity contribution in [1.29, 1.82) is 0 Å². The summed E-state index contributed by atoms with van der Waals surface area (Å²) in [6.07, 6.45) is 5.01. The molecule has 31 heavy (non-hydrogen) atoms. The molecule has 1 aromatic carbocycles.